The highest BCUT2D eigenvalue weighted by atomic mass is 32.2. The van der Waals surface area contributed by atoms with E-state index in [1.165, 1.54) is 32.3 Å². The molecule has 1 aliphatic heterocycles. The molecule has 1 aromatic carbocycles. The van der Waals surface area contributed by atoms with Crippen LogP contribution < -0.4 is 10.6 Å². The van der Waals surface area contributed by atoms with Crippen molar-refractivity contribution in [2.24, 2.45) is 0 Å². The van der Waals surface area contributed by atoms with Gasteiger partial charge in [-0.2, -0.15) is 0 Å². The first-order valence-corrected chi connectivity index (χ1v) is 9.51. The summed E-state index contributed by atoms with van der Waals surface area (Å²) in [6.07, 6.45) is 1.44. The Labute approximate surface area is 157 Å². The number of guanidine groups is 1. The maximum absolute atomic E-state index is 14.6. The van der Waals surface area contributed by atoms with Gasteiger partial charge in [-0.05, 0) is 37.2 Å². The number of hydrogen-bond acceptors (Lipinski definition) is 5. The van der Waals surface area contributed by atoms with Gasteiger partial charge in [0.25, 0.3) is 5.91 Å². The number of hydrogen-bond donors (Lipinski definition) is 3. The molecule has 1 aromatic heterocycles. The van der Waals surface area contributed by atoms with Crippen LogP contribution in [0.2, 0.25) is 0 Å². The van der Waals surface area contributed by atoms with Crippen LogP contribution in [0.4, 0.5) is 10.1 Å². The fourth-order valence-electron chi connectivity index (χ4n) is 2.77. The largest absolute Gasteiger partial charge is 0.345 e. The molecule has 0 aliphatic carbocycles. The molecule has 2 heterocycles. The second-order valence-corrected chi connectivity index (χ2v) is 8.31. The normalized spacial score (nSPS) is 22.0. The van der Waals surface area contributed by atoms with Crippen molar-refractivity contribution in [2.45, 2.75) is 12.5 Å². The van der Waals surface area contributed by atoms with Crippen LogP contribution in [-0.4, -0.2) is 42.4 Å². The monoisotopic (exact) mass is 392 g/mol. The van der Waals surface area contributed by atoms with E-state index in [2.05, 4.69) is 15.6 Å². The number of anilines is 1. The van der Waals surface area contributed by atoms with Gasteiger partial charge >= 0.3 is 0 Å². The number of nitrogens with zero attached hydrogens (tertiary/aromatic N) is 2. The molecule has 8 nitrogen and oxygen atoms in total. The highest BCUT2D eigenvalue weighted by Gasteiger charge is 2.43. The van der Waals surface area contributed by atoms with Gasteiger partial charge in [-0.25, -0.2) is 17.1 Å². The summed E-state index contributed by atoms with van der Waals surface area (Å²) in [6, 6.07) is 6.58. The van der Waals surface area contributed by atoms with Gasteiger partial charge in [0, 0.05) is 24.5 Å². The van der Waals surface area contributed by atoms with Crippen LogP contribution in [-0.2, 0) is 15.6 Å². The van der Waals surface area contributed by atoms with Crippen LogP contribution in [0.5, 0.6) is 0 Å². The minimum atomic E-state index is -3.84. The number of sulfonamides is 1. The van der Waals surface area contributed by atoms with E-state index in [0.29, 0.717) is 0 Å². The molecule has 2 aromatic rings. The highest BCUT2D eigenvalue weighted by molar-refractivity contribution is 7.89. The lowest BCUT2D eigenvalue weighted by Crippen LogP contribution is -2.61. The lowest BCUT2D eigenvalue weighted by atomic mass is 9.93. The third kappa shape index (κ3) is 3.61. The maximum atomic E-state index is 14.6. The summed E-state index contributed by atoms with van der Waals surface area (Å²) in [4.78, 5) is 16.2. The van der Waals surface area contributed by atoms with Crippen molar-refractivity contribution in [3.63, 3.8) is 0 Å². The molecule has 142 valence electrons. The summed E-state index contributed by atoms with van der Waals surface area (Å²) < 4.78 is 48.0. The lowest BCUT2D eigenvalue weighted by molar-refractivity contribution is 0.102. The second-order valence-electron chi connectivity index (χ2n) is 6.31. The Morgan fingerprint density at radius 2 is 2.22 bits per heavy atom. The predicted molar refractivity (Wildman–Crippen MR) is 98.4 cm³/mol. The molecule has 1 saturated heterocycles. The van der Waals surface area contributed by atoms with Gasteiger partial charge in [-0.3, -0.25) is 15.2 Å². The van der Waals surface area contributed by atoms with Gasteiger partial charge in [0.15, 0.2) is 0 Å². The summed E-state index contributed by atoms with van der Waals surface area (Å²) in [7, 11) is -2.61. The Balaban J connectivity index is 2.00. The van der Waals surface area contributed by atoms with Crippen LogP contribution in [0.15, 0.2) is 42.6 Å². The van der Waals surface area contributed by atoms with Crippen LogP contribution in [0.3, 0.4) is 0 Å². The van der Waals surface area contributed by atoms with Gasteiger partial charge < -0.3 is 10.6 Å². The van der Waals surface area contributed by atoms with Crippen molar-refractivity contribution in [1.82, 2.24) is 14.6 Å². The number of carbonyl (C=O) groups excluding carboxylic acids is 1. The topological polar surface area (TPSA) is 115 Å². The van der Waals surface area contributed by atoms with Crippen LogP contribution in [0.1, 0.15) is 24.3 Å². The summed E-state index contributed by atoms with van der Waals surface area (Å²) >= 11 is 0. The second kappa shape index (κ2) is 6.62. The molecule has 10 heteroatoms. The Kier molecular flexibility index (Phi) is 4.27. The predicted octanol–water partition coefficient (Wildman–Crippen LogP) is 1.49. The van der Waals surface area contributed by atoms with Gasteiger partial charge in [-0.15, -0.1) is 0 Å². The van der Waals surface area contributed by atoms with E-state index in [1.54, 1.807) is 12.1 Å². The fraction of sp³-hybridized carbons (Fsp3) is 0.235. The summed E-state index contributed by atoms with van der Waals surface area (Å²) in [5, 5.41) is 13.0. The van der Waals surface area contributed by atoms with Crippen LogP contribution in [0.25, 0.3) is 0 Å². The number of rotatable bonds is 3. The van der Waals surface area contributed by atoms with Gasteiger partial charge in [0.1, 0.15) is 11.5 Å². The summed E-state index contributed by atoms with van der Waals surface area (Å²) in [5.74, 6) is -2.31. The number of amides is 1. The highest BCUT2D eigenvalue weighted by Crippen LogP contribution is 2.31. The van der Waals surface area contributed by atoms with Gasteiger partial charge in [0.2, 0.25) is 16.0 Å². The van der Waals surface area contributed by atoms with E-state index in [-0.39, 0.29) is 23.0 Å². The lowest BCUT2D eigenvalue weighted by Gasteiger charge is -2.40. The molecule has 0 saturated carbocycles. The van der Waals surface area contributed by atoms with Crippen molar-refractivity contribution in [1.29, 1.82) is 5.41 Å². The molecule has 0 bridgehead atoms. The molecule has 3 N–H and O–H groups in total. The van der Waals surface area contributed by atoms with E-state index in [1.807, 2.05) is 0 Å². The molecule has 1 amide bonds. The molecular weight excluding hydrogens is 373 g/mol. The molecule has 0 radical (unpaired) electrons. The van der Waals surface area contributed by atoms with Crippen LogP contribution >= 0.6 is 0 Å². The molecule has 1 atom stereocenters. The van der Waals surface area contributed by atoms with Crippen molar-refractivity contribution in [3.05, 3.63) is 59.6 Å². The first kappa shape index (κ1) is 17.4. The zero-order valence-electron chi connectivity index (χ0n) is 15.6. The van der Waals surface area contributed by atoms with Crippen molar-refractivity contribution >= 4 is 27.6 Å². The van der Waals surface area contributed by atoms with Crippen molar-refractivity contribution < 1.29 is 19.0 Å². The van der Waals surface area contributed by atoms with Gasteiger partial charge in [0.05, 0.1) is 12.7 Å². The Hall–Kier alpha value is -3.01. The molecule has 0 spiro atoms. The molecular formula is C17H18FN5O3S. The number of aromatic nitrogens is 1. The molecule has 1 aliphatic rings. The average molecular weight is 392 g/mol. The SMILES string of the molecule is [2H]c1cc(F)c([C@]2(C)CS(=O)(=O)N(C)C(=N)N2)cc1NC(=O)c1ccccn1. The first-order chi connectivity index (χ1) is 13.0. The number of pyridine rings is 1. The van der Waals surface area contributed by atoms with E-state index in [0.717, 1.165) is 10.4 Å². The quantitative estimate of drug-likeness (QED) is 0.732. The first-order valence-electron chi connectivity index (χ1n) is 8.40. The fourth-order valence-corrected chi connectivity index (χ4v) is 4.25. The zero-order chi connectivity index (χ0) is 20.7. The van der Waals surface area contributed by atoms with Crippen molar-refractivity contribution in [2.75, 3.05) is 18.1 Å². The number of benzene rings is 1. The Morgan fingerprint density at radius 3 is 2.85 bits per heavy atom. The minimum Gasteiger partial charge on any atom is -0.345 e. The smallest absolute Gasteiger partial charge is 0.274 e. The standard InChI is InChI=1S/C17H18FN5O3S/c1-17(10-27(25,26)23(2)16(19)22-17)12-9-11(6-7-13(12)18)21-15(24)14-5-3-4-8-20-14/h3-9H,10H2,1-2H3,(H2,19,22)(H,21,24)/t17-/m0/s1/i6D. The molecule has 27 heavy (non-hydrogen) atoms. The Morgan fingerprint density at radius 1 is 1.48 bits per heavy atom. The molecule has 3 rings (SSSR count). The maximum Gasteiger partial charge on any atom is 0.274 e. The number of carbonyl (C=O) groups is 1. The van der Waals surface area contributed by atoms with E-state index >= 15 is 0 Å². The van der Waals surface area contributed by atoms with Gasteiger partial charge in [-0.1, -0.05) is 6.07 Å². The van der Waals surface area contributed by atoms with Crippen LogP contribution in [0, 0.1) is 11.2 Å². The van der Waals surface area contributed by atoms with E-state index in [9.17, 15) is 17.6 Å². The molecule has 0 unspecified atom stereocenters. The third-order valence-corrected chi connectivity index (χ3v) is 6.20. The van der Waals surface area contributed by atoms with E-state index in [4.69, 9.17) is 6.78 Å². The Bertz CT molecular complexity index is 1060. The molecule has 1 fully saturated rings. The number of halogens is 1. The summed E-state index contributed by atoms with van der Waals surface area (Å²) in [6.45, 7) is 1.44. The minimum absolute atomic E-state index is 0.00191. The number of nitrogens with one attached hydrogen (secondary N) is 3. The van der Waals surface area contributed by atoms with Crippen molar-refractivity contribution in [3.8, 4) is 0 Å². The van der Waals surface area contributed by atoms with E-state index < -0.39 is 39.0 Å². The zero-order valence-corrected chi connectivity index (χ0v) is 15.4. The summed E-state index contributed by atoms with van der Waals surface area (Å²) in [5.41, 5.74) is -1.43. The third-order valence-electron chi connectivity index (χ3n) is 4.24. The average Bonchev–Trinajstić information content (AvgIpc) is 2.62.